The van der Waals surface area contributed by atoms with Crippen molar-refractivity contribution in [3.8, 4) is 0 Å². The van der Waals surface area contributed by atoms with Gasteiger partial charge in [-0.15, -0.1) is 0 Å². The Hall–Kier alpha value is -3.00. The minimum absolute atomic E-state index is 0.0530. The van der Waals surface area contributed by atoms with Gasteiger partial charge in [-0.1, -0.05) is 25.8 Å². The number of nitrogens with one attached hydrogen (secondary N) is 2. The lowest BCUT2D eigenvalue weighted by molar-refractivity contribution is 0.0748. The average Bonchev–Trinajstić information content (AvgIpc) is 2.75. The maximum atomic E-state index is 13.1. The van der Waals surface area contributed by atoms with Gasteiger partial charge >= 0.3 is 0 Å². The summed E-state index contributed by atoms with van der Waals surface area (Å²) in [6, 6.07) is 6.83. The van der Waals surface area contributed by atoms with E-state index in [2.05, 4.69) is 17.2 Å². The lowest BCUT2D eigenvalue weighted by atomic mass is 10.2. The molecule has 0 aromatic carbocycles. The van der Waals surface area contributed by atoms with Crippen LogP contribution in [0.25, 0.3) is 16.7 Å². The number of unbranched alkanes of at least 4 members (excludes halogenated alkanes) is 2. The van der Waals surface area contributed by atoms with Gasteiger partial charge in [0.15, 0.2) is 0 Å². The number of hydrogen-bond donors (Lipinski definition) is 2. The lowest BCUT2D eigenvalue weighted by Gasteiger charge is -2.15. The SMILES string of the molecule is CCCCCNC(=O)c1cc2c(=O)n3ccccc3nc2n(CCCOC(C)C)c1=N. The second-order valence-corrected chi connectivity index (χ2v) is 7.88. The third-order valence-corrected chi connectivity index (χ3v) is 5.11. The van der Waals surface area contributed by atoms with Crippen molar-refractivity contribution >= 4 is 22.6 Å². The molecule has 3 rings (SSSR count). The molecule has 8 heteroatoms. The summed E-state index contributed by atoms with van der Waals surface area (Å²) in [7, 11) is 0. The van der Waals surface area contributed by atoms with Crippen molar-refractivity contribution in [2.75, 3.05) is 13.2 Å². The molecule has 2 N–H and O–H groups in total. The first-order valence-electron chi connectivity index (χ1n) is 10.9. The Morgan fingerprint density at radius 2 is 2.06 bits per heavy atom. The predicted molar refractivity (Wildman–Crippen MR) is 120 cm³/mol. The molecule has 3 aromatic rings. The molecule has 0 fully saturated rings. The number of carbonyl (C=O) groups is 1. The highest BCUT2D eigenvalue weighted by molar-refractivity contribution is 5.96. The number of nitrogens with zero attached hydrogens (tertiary/aromatic N) is 3. The van der Waals surface area contributed by atoms with Crippen LogP contribution >= 0.6 is 0 Å². The van der Waals surface area contributed by atoms with Crippen LogP contribution in [0.3, 0.4) is 0 Å². The van der Waals surface area contributed by atoms with Crippen LogP contribution in [0.4, 0.5) is 0 Å². The quantitative estimate of drug-likeness (QED) is 0.385. The fourth-order valence-electron chi connectivity index (χ4n) is 3.49. The second-order valence-electron chi connectivity index (χ2n) is 7.88. The van der Waals surface area contributed by atoms with Crippen LogP contribution < -0.4 is 16.4 Å². The molecule has 0 unspecified atom stereocenters. The van der Waals surface area contributed by atoms with Gasteiger partial charge in [0, 0.05) is 25.9 Å². The highest BCUT2D eigenvalue weighted by Crippen LogP contribution is 2.11. The Morgan fingerprint density at radius 1 is 1.26 bits per heavy atom. The van der Waals surface area contributed by atoms with E-state index in [1.54, 1.807) is 22.9 Å². The van der Waals surface area contributed by atoms with E-state index in [1.165, 1.54) is 10.5 Å². The molecule has 0 aliphatic rings. The van der Waals surface area contributed by atoms with E-state index in [4.69, 9.17) is 10.1 Å². The van der Waals surface area contributed by atoms with Crippen molar-refractivity contribution in [1.82, 2.24) is 19.3 Å². The molecule has 0 radical (unpaired) electrons. The maximum Gasteiger partial charge on any atom is 0.267 e. The molecular weight excluding hydrogens is 394 g/mol. The summed E-state index contributed by atoms with van der Waals surface area (Å²) in [6.45, 7) is 7.53. The van der Waals surface area contributed by atoms with Crippen molar-refractivity contribution in [3.05, 3.63) is 51.9 Å². The number of pyridine rings is 2. The lowest BCUT2D eigenvalue weighted by Crippen LogP contribution is -2.35. The topological polar surface area (TPSA) is 101 Å². The Kier molecular flexibility index (Phi) is 7.57. The van der Waals surface area contributed by atoms with Gasteiger partial charge in [-0.3, -0.25) is 19.4 Å². The number of ether oxygens (including phenoxy) is 1. The third kappa shape index (κ3) is 5.19. The molecule has 3 aromatic heterocycles. The first kappa shape index (κ1) is 22.7. The Morgan fingerprint density at radius 3 is 2.81 bits per heavy atom. The zero-order chi connectivity index (χ0) is 22.4. The van der Waals surface area contributed by atoms with Crippen LogP contribution in [0.2, 0.25) is 0 Å². The molecular formula is C23H31N5O3. The highest BCUT2D eigenvalue weighted by atomic mass is 16.5. The first-order chi connectivity index (χ1) is 14.9. The molecule has 8 nitrogen and oxygen atoms in total. The van der Waals surface area contributed by atoms with Crippen molar-refractivity contribution in [2.24, 2.45) is 0 Å². The van der Waals surface area contributed by atoms with Gasteiger partial charge in [-0.25, -0.2) is 4.98 Å². The standard InChI is InChI=1S/C23H31N5O3/c1-4-5-7-11-25-22(29)17-15-18-21(26-19-10-6-8-12-27(19)23(18)30)28(20(17)24)13-9-14-31-16(2)3/h6,8,10,12,15-16,24H,4-5,7,9,11,13-14H2,1-3H3,(H,25,29). The predicted octanol–water partition coefficient (Wildman–Crippen LogP) is 2.86. The molecule has 0 saturated heterocycles. The summed E-state index contributed by atoms with van der Waals surface area (Å²) in [6.07, 6.45) is 5.38. The smallest absolute Gasteiger partial charge is 0.267 e. The van der Waals surface area contributed by atoms with Gasteiger partial charge in [-0.05, 0) is 44.9 Å². The number of fused-ring (bicyclic) bond motifs is 2. The van der Waals surface area contributed by atoms with Crippen molar-refractivity contribution in [1.29, 1.82) is 5.41 Å². The molecule has 31 heavy (non-hydrogen) atoms. The monoisotopic (exact) mass is 425 g/mol. The van der Waals surface area contributed by atoms with Crippen LogP contribution in [-0.2, 0) is 11.3 Å². The fraction of sp³-hybridized carbons (Fsp3) is 0.478. The normalized spacial score (nSPS) is 11.5. The number of aryl methyl sites for hydroxylation is 1. The molecule has 1 amide bonds. The van der Waals surface area contributed by atoms with Gasteiger partial charge < -0.3 is 14.6 Å². The largest absolute Gasteiger partial charge is 0.379 e. The highest BCUT2D eigenvalue weighted by Gasteiger charge is 2.17. The second kappa shape index (κ2) is 10.3. The molecule has 0 saturated carbocycles. The summed E-state index contributed by atoms with van der Waals surface area (Å²) in [5.41, 5.74) is 0.894. The van der Waals surface area contributed by atoms with Crippen LogP contribution in [-0.4, -0.2) is 39.1 Å². The van der Waals surface area contributed by atoms with Crippen LogP contribution in [0, 0.1) is 5.41 Å². The summed E-state index contributed by atoms with van der Waals surface area (Å²) in [4.78, 5) is 30.6. The number of carbonyl (C=O) groups excluding carboxylic acids is 1. The van der Waals surface area contributed by atoms with E-state index in [0.717, 1.165) is 19.3 Å². The average molecular weight is 426 g/mol. The van der Waals surface area contributed by atoms with Gasteiger partial charge in [0.05, 0.1) is 17.1 Å². The zero-order valence-corrected chi connectivity index (χ0v) is 18.5. The molecule has 0 spiro atoms. The van der Waals surface area contributed by atoms with E-state index in [-0.39, 0.29) is 28.6 Å². The number of hydrogen-bond acceptors (Lipinski definition) is 5. The van der Waals surface area contributed by atoms with Crippen LogP contribution in [0.1, 0.15) is 56.8 Å². The van der Waals surface area contributed by atoms with Gasteiger partial charge in [-0.2, -0.15) is 0 Å². The van der Waals surface area contributed by atoms with Gasteiger partial charge in [0.2, 0.25) is 0 Å². The van der Waals surface area contributed by atoms with Gasteiger partial charge in [0.25, 0.3) is 11.5 Å². The molecule has 166 valence electrons. The van der Waals surface area contributed by atoms with Crippen molar-refractivity contribution in [2.45, 2.75) is 59.1 Å². The molecule has 0 aliphatic heterocycles. The summed E-state index contributed by atoms with van der Waals surface area (Å²) < 4.78 is 8.73. The summed E-state index contributed by atoms with van der Waals surface area (Å²) in [5.74, 6) is -0.340. The first-order valence-corrected chi connectivity index (χ1v) is 10.9. The minimum Gasteiger partial charge on any atom is -0.379 e. The van der Waals surface area contributed by atoms with E-state index >= 15 is 0 Å². The van der Waals surface area contributed by atoms with Crippen LogP contribution in [0.5, 0.6) is 0 Å². The molecule has 0 atom stereocenters. The summed E-state index contributed by atoms with van der Waals surface area (Å²) in [5, 5.41) is 11.9. The van der Waals surface area contributed by atoms with E-state index < -0.39 is 0 Å². The zero-order valence-electron chi connectivity index (χ0n) is 18.5. The van der Waals surface area contributed by atoms with E-state index in [0.29, 0.717) is 42.8 Å². The van der Waals surface area contributed by atoms with Crippen molar-refractivity contribution < 1.29 is 9.53 Å². The van der Waals surface area contributed by atoms with E-state index in [1.807, 2.05) is 19.9 Å². The fourth-order valence-corrected chi connectivity index (χ4v) is 3.49. The van der Waals surface area contributed by atoms with E-state index in [9.17, 15) is 9.59 Å². The maximum absolute atomic E-state index is 13.1. The Balaban J connectivity index is 2.07. The molecule has 0 bridgehead atoms. The number of rotatable bonds is 10. The van der Waals surface area contributed by atoms with Crippen LogP contribution in [0.15, 0.2) is 35.3 Å². The Bertz CT molecular complexity index is 1180. The number of aromatic nitrogens is 3. The molecule has 0 aliphatic carbocycles. The minimum atomic E-state index is -0.340. The molecule has 3 heterocycles. The van der Waals surface area contributed by atoms with Crippen molar-refractivity contribution in [3.63, 3.8) is 0 Å². The number of amides is 1. The Labute approximate surface area is 181 Å². The van der Waals surface area contributed by atoms with Gasteiger partial charge in [0.1, 0.15) is 16.8 Å². The third-order valence-electron chi connectivity index (χ3n) is 5.11. The summed E-state index contributed by atoms with van der Waals surface area (Å²) >= 11 is 0.